The van der Waals surface area contributed by atoms with Gasteiger partial charge in [-0.05, 0) is 18.6 Å². The molecule has 0 bridgehead atoms. The Hall–Kier alpha value is -2.08. The van der Waals surface area contributed by atoms with E-state index in [1.165, 1.54) is 6.07 Å². The molecule has 88 valence electrons. The maximum absolute atomic E-state index is 10.9. The zero-order chi connectivity index (χ0) is 12.6. The molecule has 0 atom stereocenters. The molecule has 1 heterocycles. The molecule has 0 amide bonds. The van der Waals surface area contributed by atoms with E-state index in [0.29, 0.717) is 0 Å². The second kappa shape index (κ2) is 4.06. The Morgan fingerprint density at radius 1 is 1.53 bits per heavy atom. The van der Waals surface area contributed by atoms with Crippen LogP contribution >= 0.6 is 11.6 Å². The van der Waals surface area contributed by atoms with Gasteiger partial charge in [0, 0.05) is 6.07 Å². The summed E-state index contributed by atoms with van der Waals surface area (Å²) in [6.07, 6.45) is 0. The first kappa shape index (κ1) is 11.4. The van der Waals surface area contributed by atoms with Gasteiger partial charge in [0.15, 0.2) is 11.6 Å². The first-order valence-corrected chi connectivity index (χ1v) is 5.04. The molecule has 1 aromatic heterocycles. The summed E-state index contributed by atoms with van der Waals surface area (Å²) in [6.45, 7) is 1.81. The molecular weight excluding hydrogens is 246 g/mol. The monoisotopic (exact) mass is 253 g/mol. The summed E-state index contributed by atoms with van der Waals surface area (Å²) in [7, 11) is 0. The minimum Gasteiger partial charge on any atom is -0.380 e. The summed E-state index contributed by atoms with van der Waals surface area (Å²) in [5, 5.41) is 14.4. The molecule has 0 fully saturated rings. The van der Waals surface area contributed by atoms with E-state index in [1.807, 2.05) is 0 Å². The molecule has 0 aliphatic rings. The smallest absolute Gasteiger partial charge is 0.280 e. The Morgan fingerprint density at radius 2 is 2.24 bits per heavy atom. The van der Waals surface area contributed by atoms with Crippen LogP contribution < -0.4 is 5.73 Å². The topological polar surface area (TPSA) is 95.2 Å². The summed E-state index contributed by atoms with van der Waals surface area (Å²) < 4.78 is 4.92. The highest BCUT2D eigenvalue weighted by Crippen LogP contribution is 2.37. The van der Waals surface area contributed by atoms with Gasteiger partial charge >= 0.3 is 0 Å². The number of rotatable bonds is 2. The Bertz CT molecular complexity index is 594. The molecule has 0 aliphatic carbocycles. The predicted molar refractivity (Wildman–Crippen MR) is 62.8 cm³/mol. The summed E-state index contributed by atoms with van der Waals surface area (Å²) in [5.41, 5.74) is 6.44. The molecule has 2 aromatic rings. The van der Waals surface area contributed by atoms with Gasteiger partial charge in [0.2, 0.25) is 0 Å². The van der Waals surface area contributed by atoms with Crippen LogP contribution in [0.4, 0.5) is 11.5 Å². The lowest BCUT2D eigenvalue weighted by Crippen LogP contribution is -1.92. The average molecular weight is 254 g/mol. The van der Waals surface area contributed by atoms with E-state index in [0.717, 1.165) is 5.56 Å². The van der Waals surface area contributed by atoms with Crippen LogP contribution in [0.3, 0.4) is 0 Å². The molecule has 2 N–H and O–H groups in total. The maximum Gasteiger partial charge on any atom is 0.280 e. The van der Waals surface area contributed by atoms with Gasteiger partial charge < -0.3 is 10.3 Å². The summed E-state index contributed by atoms with van der Waals surface area (Å²) >= 11 is 5.87. The fourth-order valence-corrected chi connectivity index (χ4v) is 1.62. The van der Waals surface area contributed by atoms with Gasteiger partial charge in [0.1, 0.15) is 5.02 Å². The van der Waals surface area contributed by atoms with Crippen LogP contribution in [0.5, 0.6) is 0 Å². The van der Waals surface area contributed by atoms with Crippen molar-refractivity contribution in [3.63, 3.8) is 0 Å². The van der Waals surface area contributed by atoms with Crippen LogP contribution in [0.2, 0.25) is 5.02 Å². The number of anilines is 1. The minimum absolute atomic E-state index is 0.0115. The number of nitrogens with zero attached hydrogens (tertiary/aromatic N) is 2. The second-order valence-corrected chi connectivity index (χ2v) is 3.87. The summed E-state index contributed by atoms with van der Waals surface area (Å²) in [5.74, 6) is 0.122. The largest absolute Gasteiger partial charge is 0.380 e. The third kappa shape index (κ3) is 1.94. The van der Waals surface area contributed by atoms with Crippen LogP contribution in [-0.2, 0) is 0 Å². The van der Waals surface area contributed by atoms with E-state index in [1.54, 1.807) is 19.1 Å². The van der Waals surface area contributed by atoms with Crippen molar-refractivity contribution in [2.24, 2.45) is 0 Å². The van der Waals surface area contributed by atoms with E-state index < -0.39 is 4.92 Å². The van der Waals surface area contributed by atoms with Gasteiger partial charge in [-0.15, -0.1) is 0 Å². The first-order valence-electron chi connectivity index (χ1n) is 4.66. The molecule has 0 saturated heterocycles. The fraction of sp³-hybridized carbons (Fsp3) is 0.100. The molecular formula is C10H8ClN3O3. The number of aromatic nitrogens is 1. The minimum atomic E-state index is -0.510. The van der Waals surface area contributed by atoms with Gasteiger partial charge in [-0.3, -0.25) is 10.1 Å². The van der Waals surface area contributed by atoms with Crippen molar-refractivity contribution >= 4 is 23.1 Å². The molecule has 2 rings (SSSR count). The van der Waals surface area contributed by atoms with Crippen molar-refractivity contribution in [2.45, 2.75) is 6.92 Å². The Balaban J connectivity index is 2.69. The van der Waals surface area contributed by atoms with Gasteiger partial charge in [-0.2, -0.15) is 0 Å². The number of nitro benzene ring substituents is 1. The molecule has 0 saturated carbocycles. The van der Waals surface area contributed by atoms with Crippen LogP contribution in [0.15, 0.2) is 22.7 Å². The van der Waals surface area contributed by atoms with E-state index in [2.05, 4.69) is 5.16 Å². The number of nitrogens with two attached hydrogens (primary N) is 1. The van der Waals surface area contributed by atoms with Gasteiger partial charge in [-0.25, -0.2) is 0 Å². The SMILES string of the molecule is Cc1ccc([N+](=O)[O-])c(-c2onc(N)c2Cl)c1. The van der Waals surface area contributed by atoms with E-state index in [9.17, 15) is 10.1 Å². The van der Waals surface area contributed by atoms with Gasteiger partial charge in [0.25, 0.3) is 5.69 Å². The fourth-order valence-electron chi connectivity index (χ4n) is 1.45. The number of halogens is 1. The van der Waals surface area contributed by atoms with Crippen LogP contribution in [-0.4, -0.2) is 10.1 Å². The van der Waals surface area contributed by atoms with Crippen molar-refractivity contribution in [1.82, 2.24) is 5.16 Å². The predicted octanol–water partition coefficient (Wildman–Crippen LogP) is 2.79. The molecule has 0 unspecified atom stereocenters. The number of nitro groups is 1. The Morgan fingerprint density at radius 3 is 2.76 bits per heavy atom. The number of hydrogen-bond donors (Lipinski definition) is 1. The van der Waals surface area contributed by atoms with E-state index >= 15 is 0 Å². The highest BCUT2D eigenvalue weighted by molar-refractivity contribution is 6.35. The molecule has 0 aliphatic heterocycles. The molecule has 17 heavy (non-hydrogen) atoms. The van der Waals surface area contributed by atoms with Crippen molar-refractivity contribution in [1.29, 1.82) is 0 Å². The zero-order valence-electron chi connectivity index (χ0n) is 8.81. The van der Waals surface area contributed by atoms with Gasteiger partial charge in [0.05, 0.1) is 10.5 Å². The lowest BCUT2D eigenvalue weighted by molar-refractivity contribution is -0.384. The third-order valence-electron chi connectivity index (χ3n) is 2.25. The maximum atomic E-state index is 10.9. The normalized spacial score (nSPS) is 10.5. The van der Waals surface area contributed by atoms with Crippen molar-refractivity contribution < 1.29 is 9.45 Å². The zero-order valence-corrected chi connectivity index (χ0v) is 9.56. The second-order valence-electron chi connectivity index (χ2n) is 3.49. The van der Waals surface area contributed by atoms with Crippen LogP contribution in [0.1, 0.15) is 5.56 Å². The number of hydrogen-bond acceptors (Lipinski definition) is 5. The highest BCUT2D eigenvalue weighted by Gasteiger charge is 2.22. The molecule has 6 nitrogen and oxygen atoms in total. The first-order chi connectivity index (χ1) is 8.00. The van der Waals surface area contributed by atoms with E-state index in [4.69, 9.17) is 21.9 Å². The number of nitrogen functional groups attached to an aromatic ring is 1. The Labute approximate surface area is 101 Å². The third-order valence-corrected chi connectivity index (χ3v) is 2.62. The highest BCUT2D eigenvalue weighted by atomic mass is 35.5. The lowest BCUT2D eigenvalue weighted by Gasteiger charge is -2.00. The molecule has 0 radical (unpaired) electrons. The average Bonchev–Trinajstić information content (AvgIpc) is 2.59. The van der Waals surface area contributed by atoms with E-state index in [-0.39, 0.29) is 27.9 Å². The molecule has 1 aromatic carbocycles. The summed E-state index contributed by atoms with van der Waals surface area (Å²) in [6, 6.07) is 4.62. The Kier molecular flexibility index (Phi) is 2.72. The van der Waals surface area contributed by atoms with Crippen LogP contribution in [0.25, 0.3) is 11.3 Å². The lowest BCUT2D eigenvalue weighted by atomic mass is 10.1. The molecule has 7 heteroatoms. The number of aryl methyl sites for hydroxylation is 1. The van der Waals surface area contributed by atoms with Crippen molar-refractivity contribution in [3.05, 3.63) is 38.9 Å². The van der Waals surface area contributed by atoms with Crippen molar-refractivity contribution in [2.75, 3.05) is 5.73 Å². The number of benzene rings is 1. The quantitative estimate of drug-likeness (QED) is 0.656. The van der Waals surface area contributed by atoms with Crippen molar-refractivity contribution in [3.8, 4) is 11.3 Å². The summed E-state index contributed by atoms with van der Waals surface area (Å²) in [4.78, 5) is 10.4. The standard InChI is InChI=1S/C10H8ClN3O3/c1-5-2-3-7(14(15)16)6(4-5)9-8(11)10(12)13-17-9/h2-4H,1H3,(H2,12,13). The molecule has 0 spiro atoms. The van der Waals surface area contributed by atoms with Gasteiger partial charge in [-0.1, -0.05) is 22.8 Å². The van der Waals surface area contributed by atoms with Crippen LogP contribution in [0, 0.1) is 17.0 Å².